The molecule has 2 amide bonds. The maximum atomic E-state index is 11.8. The van der Waals surface area contributed by atoms with Gasteiger partial charge in [0.25, 0.3) is 5.91 Å². The van der Waals surface area contributed by atoms with Crippen LogP contribution in [0.2, 0.25) is 0 Å². The summed E-state index contributed by atoms with van der Waals surface area (Å²) in [5.41, 5.74) is 11.4. The Bertz CT molecular complexity index is 517. The lowest BCUT2D eigenvalue weighted by atomic mass is 10.2. The van der Waals surface area contributed by atoms with Crippen LogP contribution in [0.5, 0.6) is 0 Å². The normalized spacial score (nSPS) is 16.4. The SMILES string of the molecule is CN1CCCN(c2cc(C(N)=O)c(N)cn2)CC1=O. The Balaban J connectivity index is 2.28. The van der Waals surface area contributed by atoms with Crippen molar-refractivity contribution >= 4 is 23.3 Å². The van der Waals surface area contributed by atoms with Gasteiger partial charge in [-0.1, -0.05) is 0 Å². The molecule has 2 heterocycles. The lowest BCUT2D eigenvalue weighted by molar-refractivity contribution is -0.127. The van der Waals surface area contributed by atoms with Gasteiger partial charge in [-0.25, -0.2) is 4.98 Å². The molecule has 1 fully saturated rings. The summed E-state index contributed by atoms with van der Waals surface area (Å²) in [6.07, 6.45) is 2.24. The van der Waals surface area contributed by atoms with Gasteiger partial charge in [-0.3, -0.25) is 9.59 Å². The first-order chi connectivity index (χ1) is 8.99. The van der Waals surface area contributed by atoms with Crippen LogP contribution in [0, 0.1) is 0 Å². The lowest BCUT2D eigenvalue weighted by Gasteiger charge is -2.21. The number of nitrogens with zero attached hydrogens (tertiary/aromatic N) is 3. The summed E-state index contributed by atoms with van der Waals surface area (Å²) in [5, 5.41) is 0. The van der Waals surface area contributed by atoms with Crippen molar-refractivity contribution in [3.63, 3.8) is 0 Å². The summed E-state index contributed by atoms with van der Waals surface area (Å²) in [6.45, 7) is 1.66. The number of hydrogen-bond acceptors (Lipinski definition) is 5. The first-order valence-electron chi connectivity index (χ1n) is 6.03. The molecule has 0 saturated carbocycles. The van der Waals surface area contributed by atoms with Gasteiger partial charge in [0, 0.05) is 20.1 Å². The number of hydrogen-bond donors (Lipinski definition) is 2. The second kappa shape index (κ2) is 5.13. The summed E-state index contributed by atoms with van der Waals surface area (Å²) in [7, 11) is 1.77. The minimum Gasteiger partial charge on any atom is -0.397 e. The third-order valence-corrected chi connectivity index (χ3v) is 3.18. The number of amides is 2. The standard InChI is InChI=1S/C12H17N5O2/c1-16-3-2-4-17(7-11(16)18)10-5-8(12(14)19)9(13)6-15-10/h5-6H,2-4,7,13H2,1H3,(H2,14,19). The van der Waals surface area contributed by atoms with E-state index in [9.17, 15) is 9.59 Å². The average Bonchev–Trinajstić information content (AvgIpc) is 2.52. The molecule has 0 radical (unpaired) electrons. The Hall–Kier alpha value is -2.31. The van der Waals surface area contributed by atoms with Crippen molar-refractivity contribution < 1.29 is 9.59 Å². The van der Waals surface area contributed by atoms with Gasteiger partial charge in [-0.15, -0.1) is 0 Å². The van der Waals surface area contributed by atoms with Gasteiger partial charge in [0.2, 0.25) is 5.91 Å². The molecule has 0 unspecified atom stereocenters. The number of aromatic nitrogens is 1. The van der Waals surface area contributed by atoms with Crippen LogP contribution in [0.1, 0.15) is 16.8 Å². The first-order valence-corrected chi connectivity index (χ1v) is 6.03. The predicted molar refractivity (Wildman–Crippen MR) is 71.6 cm³/mol. The van der Waals surface area contributed by atoms with Gasteiger partial charge < -0.3 is 21.3 Å². The second-order valence-electron chi connectivity index (χ2n) is 4.58. The minimum absolute atomic E-state index is 0.0248. The molecule has 0 spiro atoms. The van der Waals surface area contributed by atoms with E-state index in [0.29, 0.717) is 18.9 Å². The molecule has 19 heavy (non-hydrogen) atoms. The summed E-state index contributed by atoms with van der Waals surface area (Å²) in [5.74, 6) is -0.0252. The maximum absolute atomic E-state index is 11.8. The van der Waals surface area contributed by atoms with E-state index in [1.54, 1.807) is 11.9 Å². The van der Waals surface area contributed by atoms with E-state index in [1.807, 2.05) is 4.90 Å². The fraction of sp³-hybridized carbons (Fsp3) is 0.417. The first kappa shape index (κ1) is 13.1. The van der Waals surface area contributed by atoms with Crippen molar-refractivity contribution in [1.29, 1.82) is 0 Å². The van der Waals surface area contributed by atoms with Gasteiger partial charge in [0.05, 0.1) is 24.0 Å². The third-order valence-electron chi connectivity index (χ3n) is 3.18. The monoisotopic (exact) mass is 263 g/mol. The highest BCUT2D eigenvalue weighted by molar-refractivity contribution is 5.98. The summed E-state index contributed by atoms with van der Waals surface area (Å²) in [4.78, 5) is 30.8. The molecule has 1 aromatic heterocycles. The van der Waals surface area contributed by atoms with Crippen LogP contribution in [0.15, 0.2) is 12.3 Å². The van der Waals surface area contributed by atoms with Crippen molar-refractivity contribution in [2.45, 2.75) is 6.42 Å². The topological polar surface area (TPSA) is 106 Å². The zero-order valence-electron chi connectivity index (χ0n) is 10.8. The molecule has 102 valence electrons. The molecule has 7 nitrogen and oxygen atoms in total. The number of nitrogens with two attached hydrogens (primary N) is 2. The molecule has 7 heteroatoms. The Morgan fingerprint density at radius 2 is 2.16 bits per heavy atom. The highest BCUT2D eigenvalue weighted by Gasteiger charge is 2.21. The summed E-state index contributed by atoms with van der Waals surface area (Å²) >= 11 is 0. The smallest absolute Gasteiger partial charge is 0.250 e. The van der Waals surface area contributed by atoms with Crippen molar-refractivity contribution in [2.75, 3.05) is 37.3 Å². The molecule has 2 rings (SSSR count). The van der Waals surface area contributed by atoms with Crippen LogP contribution < -0.4 is 16.4 Å². The summed E-state index contributed by atoms with van der Waals surface area (Å²) in [6, 6.07) is 1.54. The van der Waals surface area contributed by atoms with E-state index < -0.39 is 5.91 Å². The van der Waals surface area contributed by atoms with Crippen molar-refractivity contribution in [3.05, 3.63) is 17.8 Å². The van der Waals surface area contributed by atoms with Crippen LogP contribution in [0.4, 0.5) is 11.5 Å². The molecule has 0 bridgehead atoms. The molecular formula is C12H17N5O2. The molecule has 0 atom stereocenters. The van der Waals surface area contributed by atoms with E-state index in [1.165, 1.54) is 12.3 Å². The quantitative estimate of drug-likeness (QED) is 0.743. The maximum Gasteiger partial charge on any atom is 0.250 e. The van der Waals surface area contributed by atoms with E-state index in [0.717, 1.165) is 6.42 Å². The third kappa shape index (κ3) is 2.75. The average molecular weight is 263 g/mol. The van der Waals surface area contributed by atoms with E-state index >= 15 is 0 Å². The number of primary amides is 1. The van der Waals surface area contributed by atoms with Gasteiger partial charge >= 0.3 is 0 Å². The van der Waals surface area contributed by atoms with E-state index in [2.05, 4.69) is 4.98 Å². The lowest BCUT2D eigenvalue weighted by Crippen LogP contribution is -2.34. The van der Waals surface area contributed by atoms with Crippen LogP contribution in [-0.4, -0.2) is 48.4 Å². The van der Waals surface area contributed by atoms with Crippen LogP contribution >= 0.6 is 0 Å². The summed E-state index contributed by atoms with van der Waals surface area (Å²) < 4.78 is 0. The number of carbonyl (C=O) groups excluding carboxylic acids is 2. The Kier molecular flexibility index (Phi) is 3.55. The molecule has 0 aliphatic carbocycles. The number of pyridine rings is 1. The molecule has 1 saturated heterocycles. The molecule has 1 aromatic rings. The molecular weight excluding hydrogens is 246 g/mol. The van der Waals surface area contributed by atoms with Crippen molar-refractivity contribution in [3.8, 4) is 0 Å². The number of likely N-dealkylation sites (N-methyl/N-ethyl adjacent to an activating group) is 1. The predicted octanol–water partition coefficient (Wildman–Crippen LogP) is -0.569. The van der Waals surface area contributed by atoms with E-state index in [-0.39, 0.29) is 23.7 Å². The number of anilines is 2. The highest BCUT2D eigenvalue weighted by Crippen LogP contribution is 2.19. The van der Waals surface area contributed by atoms with Crippen molar-refractivity contribution in [2.24, 2.45) is 5.73 Å². The Labute approximate surface area is 111 Å². The largest absolute Gasteiger partial charge is 0.397 e. The van der Waals surface area contributed by atoms with Crippen molar-refractivity contribution in [1.82, 2.24) is 9.88 Å². The number of rotatable bonds is 2. The van der Waals surface area contributed by atoms with Gasteiger partial charge in [-0.2, -0.15) is 0 Å². The Morgan fingerprint density at radius 1 is 1.42 bits per heavy atom. The zero-order chi connectivity index (χ0) is 14.0. The second-order valence-corrected chi connectivity index (χ2v) is 4.58. The zero-order valence-corrected chi connectivity index (χ0v) is 10.8. The molecule has 1 aliphatic heterocycles. The molecule has 4 N–H and O–H groups in total. The van der Waals surface area contributed by atoms with Gasteiger partial charge in [0.15, 0.2) is 0 Å². The van der Waals surface area contributed by atoms with E-state index in [4.69, 9.17) is 11.5 Å². The Morgan fingerprint density at radius 3 is 2.84 bits per heavy atom. The van der Waals surface area contributed by atoms with Gasteiger partial charge in [0.1, 0.15) is 5.82 Å². The molecule has 0 aromatic carbocycles. The van der Waals surface area contributed by atoms with Crippen LogP contribution in [0.25, 0.3) is 0 Å². The highest BCUT2D eigenvalue weighted by atomic mass is 16.2. The number of carbonyl (C=O) groups is 2. The van der Waals surface area contributed by atoms with Crippen LogP contribution in [-0.2, 0) is 4.79 Å². The fourth-order valence-electron chi connectivity index (χ4n) is 2.02. The van der Waals surface area contributed by atoms with Gasteiger partial charge in [-0.05, 0) is 12.5 Å². The molecule has 1 aliphatic rings. The minimum atomic E-state index is -0.598. The van der Waals surface area contributed by atoms with Crippen LogP contribution in [0.3, 0.4) is 0 Å². The number of nitrogen functional groups attached to an aromatic ring is 1. The fourth-order valence-corrected chi connectivity index (χ4v) is 2.02.